The maximum absolute atomic E-state index is 11.6. The molecule has 0 aromatic heterocycles. The van der Waals surface area contributed by atoms with Gasteiger partial charge in [0, 0.05) is 24.8 Å². The molecule has 0 bridgehead atoms. The van der Waals surface area contributed by atoms with E-state index in [1.54, 1.807) is 0 Å². The second-order valence-corrected chi connectivity index (χ2v) is 4.23. The summed E-state index contributed by atoms with van der Waals surface area (Å²) in [4.78, 5) is 22.8. The van der Waals surface area contributed by atoms with E-state index in [2.05, 4.69) is 5.32 Å². The van der Waals surface area contributed by atoms with Crippen LogP contribution in [0.25, 0.3) is 0 Å². The van der Waals surface area contributed by atoms with E-state index in [4.69, 9.17) is 5.11 Å². The molecule has 88 valence electrons. The molecular formula is C11H21NO3. The van der Waals surface area contributed by atoms with Crippen LogP contribution >= 0.6 is 0 Å². The Labute approximate surface area is 91.1 Å². The molecule has 0 aliphatic carbocycles. The first kappa shape index (κ1) is 14.1. The lowest BCUT2D eigenvalue weighted by atomic mass is 9.83. The Morgan fingerprint density at radius 2 is 1.87 bits per heavy atom. The van der Waals surface area contributed by atoms with Crippen molar-refractivity contribution in [1.82, 2.24) is 5.32 Å². The Kier molecular flexibility index (Phi) is 6.17. The number of rotatable bonds is 7. The van der Waals surface area contributed by atoms with Crippen molar-refractivity contribution in [2.24, 2.45) is 5.41 Å². The molecule has 0 fully saturated rings. The van der Waals surface area contributed by atoms with E-state index < -0.39 is 0 Å². The quantitative estimate of drug-likeness (QED) is 0.662. The number of carbonyl (C=O) groups is 2. The van der Waals surface area contributed by atoms with Crippen molar-refractivity contribution in [3.8, 4) is 0 Å². The fraction of sp³-hybridized carbons (Fsp3) is 0.818. The molecule has 0 aliphatic heterocycles. The minimum atomic E-state index is -0.336. The summed E-state index contributed by atoms with van der Waals surface area (Å²) in [6.45, 7) is 5.93. The van der Waals surface area contributed by atoms with Crippen LogP contribution in [0.1, 0.15) is 40.0 Å². The third-order valence-electron chi connectivity index (χ3n) is 2.65. The summed E-state index contributed by atoms with van der Waals surface area (Å²) in [5, 5.41) is 11.0. The van der Waals surface area contributed by atoms with Crippen molar-refractivity contribution in [2.45, 2.75) is 40.0 Å². The summed E-state index contributed by atoms with van der Waals surface area (Å²) in [6.07, 6.45) is 1.27. The molecule has 4 nitrogen and oxygen atoms in total. The largest absolute Gasteiger partial charge is 0.395 e. The van der Waals surface area contributed by atoms with Crippen molar-refractivity contribution in [3.05, 3.63) is 0 Å². The second kappa shape index (κ2) is 6.56. The SMILES string of the molecule is CCC(C)(C)C(=O)CCC(=O)NCCO. The standard InChI is InChI=1S/C11H21NO3/c1-4-11(2,3)9(14)5-6-10(15)12-7-8-13/h13H,4-8H2,1-3H3,(H,12,15). The van der Waals surface area contributed by atoms with Gasteiger partial charge in [-0.2, -0.15) is 0 Å². The van der Waals surface area contributed by atoms with Crippen molar-refractivity contribution in [1.29, 1.82) is 0 Å². The first-order valence-electron chi connectivity index (χ1n) is 5.35. The van der Waals surface area contributed by atoms with Gasteiger partial charge in [0.15, 0.2) is 0 Å². The van der Waals surface area contributed by atoms with Crippen LogP contribution in [0.15, 0.2) is 0 Å². The van der Waals surface area contributed by atoms with Gasteiger partial charge in [0.2, 0.25) is 5.91 Å². The minimum absolute atomic E-state index is 0.0693. The van der Waals surface area contributed by atoms with Crippen LogP contribution in [-0.4, -0.2) is 29.9 Å². The van der Waals surface area contributed by atoms with E-state index in [0.29, 0.717) is 0 Å². The molecule has 0 saturated carbocycles. The molecule has 0 aromatic carbocycles. The number of Topliss-reactive ketones (excluding diaryl/α,β-unsaturated/α-hetero) is 1. The van der Waals surface area contributed by atoms with Crippen LogP contribution in [0.5, 0.6) is 0 Å². The Bertz CT molecular complexity index is 224. The van der Waals surface area contributed by atoms with Crippen molar-refractivity contribution >= 4 is 11.7 Å². The number of aliphatic hydroxyl groups is 1. The van der Waals surface area contributed by atoms with E-state index in [-0.39, 0.29) is 43.1 Å². The number of ketones is 1. The molecule has 0 aliphatic rings. The van der Waals surface area contributed by atoms with Gasteiger partial charge in [-0.1, -0.05) is 20.8 Å². The van der Waals surface area contributed by atoms with Gasteiger partial charge in [0.1, 0.15) is 5.78 Å². The Hall–Kier alpha value is -0.900. The zero-order valence-electron chi connectivity index (χ0n) is 9.80. The monoisotopic (exact) mass is 215 g/mol. The Morgan fingerprint density at radius 1 is 1.27 bits per heavy atom. The average molecular weight is 215 g/mol. The van der Waals surface area contributed by atoms with Crippen LogP contribution in [0, 0.1) is 5.41 Å². The topological polar surface area (TPSA) is 66.4 Å². The fourth-order valence-corrected chi connectivity index (χ4v) is 1.05. The van der Waals surface area contributed by atoms with E-state index in [1.165, 1.54) is 0 Å². The molecular weight excluding hydrogens is 194 g/mol. The number of nitrogens with one attached hydrogen (secondary N) is 1. The molecule has 0 radical (unpaired) electrons. The molecule has 15 heavy (non-hydrogen) atoms. The summed E-state index contributed by atoms with van der Waals surface area (Å²) < 4.78 is 0. The van der Waals surface area contributed by atoms with Gasteiger partial charge in [-0.25, -0.2) is 0 Å². The van der Waals surface area contributed by atoms with Crippen LogP contribution < -0.4 is 5.32 Å². The zero-order valence-corrected chi connectivity index (χ0v) is 9.80. The minimum Gasteiger partial charge on any atom is -0.395 e. The van der Waals surface area contributed by atoms with Crippen molar-refractivity contribution < 1.29 is 14.7 Å². The molecule has 4 heteroatoms. The molecule has 0 heterocycles. The fourth-order valence-electron chi connectivity index (χ4n) is 1.05. The third-order valence-corrected chi connectivity index (χ3v) is 2.65. The normalized spacial score (nSPS) is 11.2. The average Bonchev–Trinajstić information content (AvgIpc) is 2.22. The number of hydrogen-bond acceptors (Lipinski definition) is 3. The van der Waals surface area contributed by atoms with E-state index in [9.17, 15) is 9.59 Å². The Morgan fingerprint density at radius 3 is 2.33 bits per heavy atom. The second-order valence-electron chi connectivity index (χ2n) is 4.23. The molecule has 2 N–H and O–H groups in total. The number of amides is 1. The van der Waals surface area contributed by atoms with Gasteiger partial charge >= 0.3 is 0 Å². The molecule has 0 atom stereocenters. The highest BCUT2D eigenvalue weighted by molar-refractivity contribution is 5.88. The highest BCUT2D eigenvalue weighted by atomic mass is 16.3. The predicted molar refractivity (Wildman–Crippen MR) is 58.4 cm³/mol. The first-order valence-corrected chi connectivity index (χ1v) is 5.35. The molecule has 0 aromatic rings. The van der Waals surface area contributed by atoms with Gasteiger partial charge in [0.05, 0.1) is 6.61 Å². The van der Waals surface area contributed by atoms with Crippen molar-refractivity contribution in [3.63, 3.8) is 0 Å². The van der Waals surface area contributed by atoms with E-state index in [1.807, 2.05) is 20.8 Å². The van der Waals surface area contributed by atoms with Crippen LogP contribution in [0.3, 0.4) is 0 Å². The number of hydrogen-bond donors (Lipinski definition) is 2. The summed E-state index contributed by atoms with van der Waals surface area (Å²) >= 11 is 0. The van der Waals surface area contributed by atoms with Crippen LogP contribution in [0.4, 0.5) is 0 Å². The summed E-state index contributed by atoms with van der Waals surface area (Å²) in [7, 11) is 0. The van der Waals surface area contributed by atoms with Gasteiger partial charge in [-0.3, -0.25) is 9.59 Å². The maximum atomic E-state index is 11.6. The van der Waals surface area contributed by atoms with Gasteiger partial charge in [0.25, 0.3) is 0 Å². The first-order chi connectivity index (χ1) is 6.94. The molecule has 0 spiro atoms. The number of carbonyl (C=O) groups excluding carboxylic acids is 2. The van der Waals surface area contributed by atoms with Crippen LogP contribution in [-0.2, 0) is 9.59 Å². The van der Waals surface area contributed by atoms with Gasteiger partial charge in [-0.15, -0.1) is 0 Å². The lowest BCUT2D eigenvalue weighted by molar-refractivity contribution is -0.130. The zero-order chi connectivity index (χ0) is 11.9. The van der Waals surface area contributed by atoms with Crippen molar-refractivity contribution in [2.75, 3.05) is 13.2 Å². The maximum Gasteiger partial charge on any atom is 0.220 e. The Balaban J connectivity index is 3.85. The lowest BCUT2D eigenvalue weighted by Gasteiger charge is -2.20. The molecule has 0 unspecified atom stereocenters. The highest BCUT2D eigenvalue weighted by Crippen LogP contribution is 2.23. The van der Waals surface area contributed by atoms with E-state index in [0.717, 1.165) is 6.42 Å². The number of aliphatic hydroxyl groups excluding tert-OH is 1. The van der Waals surface area contributed by atoms with Gasteiger partial charge in [-0.05, 0) is 6.42 Å². The summed E-state index contributed by atoms with van der Waals surface area (Å²) in [5.74, 6) is -0.0616. The lowest BCUT2D eigenvalue weighted by Crippen LogP contribution is -2.29. The predicted octanol–water partition coefficient (Wildman–Crippen LogP) is 0.880. The van der Waals surface area contributed by atoms with Gasteiger partial charge < -0.3 is 10.4 Å². The molecule has 0 saturated heterocycles. The molecule has 1 amide bonds. The van der Waals surface area contributed by atoms with E-state index >= 15 is 0 Å². The highest BCUT2D eigenvalue weighted by Gasteiger charge is 2.24. The van der Waals surface area contributed by atoms with Crippen LogP contribution in [0.2, 0.25) is 0 Å². The summed E-state index contributed by atoms with van der Waals surface area (Å²) in [5.41, 5.74) is -0.336. The molecule has 0 rings (SSSR count). The smallest absolute Gasteiger partial charge is 0.220 e. The summed E-state index contributed by atoms with van der Waals surface area (Å²) in [6, 6.07) is 0. The third kappa shape index (κ3) is 5.52.